The molecule has 29 heavy (non-hydrogen) atoms. The molecule has 1 heterocycles. The Morgan fingerprint density at radius 2 is 1.86 bits per heavy atom. The molecule has 0 spiro atoms. The number of benzene rings is 1. The predicted octanol–water partition coefficient (Wildman–Crippen LogP) is 2.23. The van der Waals surface area contributed by atoms with Crippen LogP contribution in [0.2, 0.25) is 0 Å². The Bertz CT molecular complexity index is 624. The Hall–Kier alpha value is -1.46. The molecule has 8 nitrogen and oxygen atoms in total. The highest BCUT2D eigenvalue weighted by Crippen LogP contribution is 2.39. The van der Waals surface area contributed by atoms with E-state index in [0.29, 0.717) is 23.8 Å². The summed E-state index contributed by atoms with van der Waals surface area (Å²) in [6, 6.07) is 3.88. The average molecular weight is 523 g/mol. The summed E-state index contributed by atoms with van der Waals surface area (Å²) in [5.41, 5.74) is 1.04. The maximum Gasteiger partial charge on any atom is 0.203 e. The van der Waals surface area contributed by atoms with E-state index in [1.165, 1.54) is 0 Å². The zero-order valence-electron chi connectivity index (χ0n) is 17.8. The first-order valence-electron chi connectivity index (χ1n) is 9.65. The molecular formula is C20H34IN3O5. The Kier molecular flexibility index (Phi) is 12.8. The van der Waals surface area contributed by atoms with Crippen molar-refractivity contribution in [3.63, 3.8) is 0 Å². The van der Waals surface area contributed by atoms with Crippen molar-refractivity contribution in [1.82, 2.24) is 10.6 Å². The second-order valence-electron chi connectivity index (χ2n) is 6.38. The number of ether oxygens (including phenoxy) is 5. The number of halogens is 1. The maximum absolute atomic E-state index is 5.76. The standard InChI is InChI=1S/C20H33N3O5.HI/c1-21-20(22-10-5-12-28-16-9-13-27-14-16)23-11-8-15-6-7-17(24-2)19(26-4)18(15)25-3;/h6-7,16H,5,8-14H2,1-4H3,(H2,21,22,23);1H. The van der Waals surface area contributed by atoms with Crippen molar-refractivity contribution in [3.8, 4) is 17.2 Å². The van der Waals surface area contributed by atoms with Crippen molar-refractivity contribution in [2.45, 2.75) is 25.4 Å². The van der Waals surface area contributed by atoms with Gasteiger partial charge in [0.05, 0.1) is 34.0 Å². The van der Waals surface area contributed by atoms with Gasteiger partial charge in [0.25, 0.3) is 0 Å². The van der Waals surface area contributed by atoms with Crippen LogP contribution in [0, 0.1) is 0 Å². The second kappa shape index (κ2) is 14.5. The van der Waals surface area contributed by atoms with Gasteiger partial charge in [-0.3, -0.25) is 4.99 Å². The topological polar surface area (TPSA) is 82.6 Å². The summed E-state index contributed by atoms with van der Waals surface area (Å²) in [6.45, 7) is 3.76. The summed E-state index contributed by atoms with van der Waals surface area (Å²) in [5, 5.41) is 6.62. The smallest absolute Gasteiger partial charge is 0.203 e. The average Bonchev–Trinajstić information content (AvgIpc) is 3.24. The van der Waals surface area contributed by atoms with Crippen LogP contribution in [-0.4, -0.2) is 73.4 Å². The first-order chi connectivity index (χ1) is 13.7. The third-order valence-corrected chi connectivity index (χ3v) is 4.55. The molecule has 1 aromatic carbocycles. The molecule has 0 bridgehead atoms. The van der Waals surface area contributed by atoms with Crippen LogP contribution in [0.4, 0.5) is 0 Å². The molecule has 166 valence electrons. The van der Waals surface area contributed by atoms with Crippen LogP contribution in [0.5, 0.6) is 17.2 Å². The highest BCUT2D eigenvalue weighted by atomic mass is 127. The number of guanidine groups is 1. The van der Waals surface area contributed by atoms with Gasteiger partial charge >= 0.3 is 0 Å². The zero-order chi connectivity index (χ0) is 20.2. The van der Waals surface area contributed by atoms with Crippen LogP contribution in [0.15, 0.2) is 17.1 Å². The summed E-state index contributed by atoms with van der Waals surface area (Å²) < 4.78 is 27.3. The molecule has 1 unspecified atom stereocenters. The molecule has 0 saturated carbocycles. The van der Waals surface area contributed by atoms with Gasteiger partial charge in [-0.15, -0.1) is 24.0 Å². The summed E-state index contributed by atoms with van der Waals surface area (Å²) in [5.74, 6) is 2.72. The molecule has 1 aliphatic heterocycles. The lowest BCUT2D eigenvalue weighted by Crippen LogP contribution is -2.39. The molecule has 2 rings (SSSR count). The molecule has 2 N–H and O–H groups in total. The highest BCUT2D eigenvalue weighted by Gasteiger charge is 2.16. The van der Waals surface area contributed by atoms with Gasteiger partial charge in [0, 0.05) is 38.9 Å². The Morgan fingerprint density at radius 3 is 2.48 bits per heavy atom. The maximum atomic E-state index is 5.76. The number of nitrogens with one attached hydrogen (secondary N) is 2. The van der Waals surface area contributed by atoms with E-state index in [1.807, 2.05) is 12.1 Å². The fourth-order valence-electron chi connectivity index (χ4n) is 3.07. The normalized spacial score (nSPS) is 16.1. The number of nitrogens with zero attached hydrogens (tertiary/aromatic N) is 1. The molecule has 0 aliphatic carbocycles. The van der Waals surface area contributed by atoms with E-state index >= 15 is 0 Å². The Balaban J connectivity index is 0.00000420. The van der Waals surface area contributed by atoms with Gasteiger partial charge in [0.2, 0.25) is 5.75 Å². The zero-order valence-corrected chi connectivity index (χ0v) is 20.1. The lowest BCUT2D eigenvalue weighted by molar-refractivity contribution is 0.0420. The number of rotatable bonds is 11. The van der Waals surface area contributed by atoms with E-state index in [4.69, 9.17) is 23.7 Å². The van der Waals surface area contributed by atoms with E-state index in [2.05, 4.69) is 15.6 Å². The lowest BCUT2D eigenvalue weighted by Gasteiger charge is -2.17. The molecule has 1 aromatic rings. The minimum atomic E-state index is 0. The lowest BCUT2D eigenvalue weighted by atomic mass is 10.1. The summed E-state index contributed by atoms with van der Waals surface area (Å²) in [4.78, 5) is 4.26. The first-order valence-corrected chi connectivity index (χ1v) is 9.65. The minimum Gasteiger partial charge on any atom is -0.493 e. The van der Waals surface area contributed by atoms with Gasteiger partial charge in [-0.2, -0.15) is 0 Å². The second-order valence-corrected chi connectivity index (χ2v) is 6.38. The van der Waals surface area contributed by atoms with E-state index in [1.54, 1.807) is 28.4 Å². The number of aliphatic imine (C=N–C) groups is 1. The Morgan fingerprint density at radius 1 is 1.10 bits per heavy atom. The molecule has 0 aromatic heterocycles. The van der Waals surface area contributed by atoms with E-state index in [-0.39, 0.29) is 30.1 Å². The van der Waals surface area contributed by atoms with Gasteiger partial charge in [-0.05, 0) is 25.3 Å². The first kappa shape index (κ1) is 25.6. The van der Waals surface area contributed by atoms with Crippen LogP contribution in [-0.2, 0) is 15.9 Å². The molecule has 1 atom stereocenters. The SMILES string of the molecule is CN=C(NCCCOC1CCOC1)NCCc1ccc(OC)c(OC)c1OC.I. The van der Waals surface area contributed by atoms with Gasteiger partial charge in [-0.1, -0.05) is 6.07 Å². The molecule has 0 radical (unpaired) electrons. The number of hydrogen-bond donors (Lipinski definition) is 2. The van der Waals surface area contributed by atoms with Crippen molar-refractivity contribution >= 4 is 29.9 Å². The molecule has 1 saturated heterocycles. The molecule has 1 fully saturated rings. The van der Waals surface area contributed by atoms with E-state index in [9.17, 15) is 0 Å². The Labute approximate surface area is 190 Å². The van der Waals surface area contributed by atoms with Crippen molar-refractivity contribution < 1.29 is 23.7 Å². The van der Waals surface area contributed by atoms with Crippen LogP contribution in [0.25, 0.3) is 0 Å². The minimum absolute atomic E-state index is 0. The quantitative estimate of drug-likeness (QED) is 0.199. The fourth-order valence-corrected chi connectivity index (χ4v) is 3.07. The third-order valence-electron chi connectivity index (χ3n) is 4.55. The molecule has 1 aliphatic rings. The largest absolute Gasteiger partial charge is 0.493 e. The van der Waals surface area contributed by atoms with Crippen LogP contribution >= 0.6 is 24.0 Å². The molecular weight excluding hydrogens is 489 g/mol. The van der Waals surface area contributed by atoms with Crippen LogP contribution in [0.3, 0.4) is 0 Å². The summed E-state index contributed by atoms with van der Waals surface area (Å²) in [7, 11) is 6.62. The van der Waals surface area contributed by atoms with Crippen LogP contribution < -0.4 is 24.8 Å². The molecule has 9 heteroatoms. The van der Waals surface area contributed by atoms with Gasteiger partial charge in [-0.25, -0.2) is 0 Å². The van der Waals surface area contributed by atoms with E-state index < -0.39 is 0 Å². The summed E-state index contributed by atoms with van der Waals surface area (Å²) >= 11 is 0. The monoisotopic (exact) mass is 523 g/mol. The van der Waals surface area contributed by atoms with Crippen LogP contribution in [0.1, 0.15) is 18.4 Å². The van der Waals surface area contributed by atoms with Crippen molar-refractivity contribution in [1.29, 1.82) is 0 Å². The van der Waals surface area contributed by atoms with E-state index in [0.717, 1.165) is 57.2 Å². The van der Waals surface area contributed by atoms with Gasteiger partial charge in [0.1, 0.15) is 0 Å². The highest BCUT2D eigenvalue weighted by molar-refractivity contribution is 14.0. The third kappa shape index (κ3) is 8.06. The predicted molar refractivity (Wildman–Crippen MR) is 124 cm³/mol. The van der Waals surface area contributed by atoms with Gasteiger partial charge < -0.3 is 34.3 Å². The van der Waals surface area contributed by atoms with Crippen molar-refractivity contribution in [3.05, 3.63) is 17.7 Å². The fraction of sp³-hybridized carbons (Fsp3) is 0.650. The molecule has 0 amide bonds. The number of methoxy groups -OCH3 is 3. The van der Waals surface area contributed by atoms with Crippen molar-refractivity contribution in [2.75, 3.05) is 61.3 Å². The summed E-state index contributed by atoms with van der Waals surface area (Å²) in [6.07, 6.45) is 2.93. The van der Waals surface area contributed by atoms with Crippen molar-refractivity contribution in [2.24, 2.45) is 4.99 Å². The van der Waals surface area contributed by atoms with Gasteiger partial charge in [0.15, 0.2) is 17.5 Å². The number of hydrogen-bond acceptors (Lipinski definition) is 6.